The van der Waals surface area contributed by atoms with Crippen LogP contribution in [0.2, 0.25) is 0 Å². The Morgan fingerprint density at radius 3 is 2.73 bits per heavy atom. The molecule has 0 amide bonds. The van der Waals surface area contributed by atoms with Gasteiger partial charge in [-0.25, -0.2) is 0 Å². The molecule has 0 fully saturated rings. The van der Waals surface area contributed by atoms with Crippen LogP contribution in [0.15, 0.2) is 4.79 Å². The maximum atomic E-state index is 11.1. The summed E-state index contributed by atoms with van der Waals surface area (Å²) in [6.45, 7) is 1.71. The summed E-state index contributed by atoms with van der Waals surface area (Å²) in [5.41, 5.74) is 1.28. The summed E-state index contributed by atoms with van der Waals surface area (Å²) in [7, 11) is 1.64. The van der Waals surface area contributed by atoms with Crippen molar-refractivity contribution in [3.63, 3.8) is 0 Å². The Kier molecular flexibility index (Phi) is 1.81. The SMILES string of the molecule is Cc1c(CC#N)[nH]n(C)c1=O. The lowest BCUT2D eigenvalue weighted by atomic mass is 10.2. The number of nitriles is 1. The molecule has 4 nitrogen and oxygen atoms in total. The van der Waals surface area contributed by atoms with Crippen LogP contribution in [0, 0.1) is 18.3 Å². The number of hydrogen-bond acceptors (Lipinski definition) is 2. The van der Waals surface area contributed by atoms with Crippen molar-refractivity contribution >= 4 is 0 Å². The average molecular weight is 151 g/mol. The highest BCUT2D eigenvalue weighted by Crippen LogP contribution is 1.97. The summed E-state index contributed by atoms with van der Waals surface area (Å²) >= 11 is 0. The van der Waals surface area contributed by atoms with Crippen molar-refractivity contribution in [2.24, 2.45) is 7.05 Å². The number of hydrogen-bond donors (Lipinski definition) is 1. The first-order chi connectivity index (χ1) is 5.16. The highest BCUT2D eigenvalue weighted by Gasteiger charge is 2.05. The number of aromatic amines is 1. The normalized spacial score (nSPS) is 9.55. The number of aryl methyl sites for hydroxylation is 1. The van der Waals surface area contributed by atoms with E-state index in [2.05, 4.69) is 5.10 Å². The lowest BCUT2D eigenvalue weighted by molar-refractivity contribution is 0.726. The highest BCUT2D eigenvalue weighted by molar-refractivity contribution is 5.17. The van der Waals surface area contributed by atoms with Gasteiger partial charge in [-0.05, 0) is 6.92 Å². The molecule has 0 spiro atoms. The first-order valence-electron chi connectivity index (χ1n) is 3.28. The average Bonchev–Trinajstić information content (AvgIpc) is 2.19. The summed E-state index contributed by atoms with van der Waals surface area (Å²) in [6, 6.07) is 1.98. The lowest BCUT2D eigenvalue weighted by Crippen LogP contribution is -2.12. The minimum Gasteiger partial charge on any atom is -0.299 e. The van der Waals surface area contributed by atoms with E-state index in [0.717, 1.165) is 0 Å². The Hall–Kier alpha value is -1.50. The Balaban J connectivity index is 3.21. The van der Waals surface area contributed by atoms with E-state index in [0.29, 0.717) is 11.3 Å². The van der Waals surface area contributed by atoms with Gasteiger partial charge < -0.3 is 0 Å². The van der Waals surface area contributed by atoms with E-state index in [4.69, 9.17) is 5.26 Å². The summed E-state index contributed by atoms with van der Waals surface area (Å²) in [4.78, 5) is 11.1. The lowest BCUT2D eigenvalue weighted by Gasteiger charge is -1.87. The third kappa shape index (κ3) is 1.17. The number of rotatable bonds is 1. The van der Waals surface area contributed by atoms with Gasteiger partial charge in [0.25, 0.3) is 5.56 Å². The molecule has 0 aromatic carbocycles. The van der Waals surface area contributed by atoms with E-state index in [1.807, 2.05) is 6.07 Å². The van der Waals surface area contributed by atoms with E-state index in [1.54, 1.807) is 14.0 Å². The molecule has 58 valence electrons. The molecular weight excluding hydrogens is 142 g/mol. The first-order valence-corrected chi connectivity index (χ1v) is 3.28. The van der Waals surface area contributed by atoms with E-state index in [9.17, 15) is 4.79 Å². The quantitative estimate of drug-likeness (QED) is 0.618. The highest BCUT2D eigenvalue weighted by atomic mass is 16.1. The second-order valence-corrected chi connectivity index (χ2v) is 2.41. The van der Waals surface area contributed by atoms with Gasteiger partial charge in [-0.1, -0.05) is 0 Å². The third-order valence-corrected chi connectivity index (χ3v) is 1.64. The summed E-state index contributed by atoms with van der Waals surface area (Å²) in [5, 5.41) is 11.2. The van der Waals surface area contributed by atoms with Crippen molar-refractivity contribution in [2.75, 3.05) is 0 Å². The largest absolute Gasteiger partial charge is 0.299 e. The zero-order valence-corrected chi connectivity index (χ0v) is 6.51. The maximum absolute atomic E-state index is 11.1. The summed E-state index contributed by atoms with van der Waals surface area (Å²) in [5.74, 6) is 0. The van der Waals surface area contributed by atoms with Gasteiger partial charge in [0, 0.05) is 12.6 Å². The standard InChI is InChI=1S/C7H9N3O/c1-5-6(3-4-8)9-10(2)7(5)11/h9H,3H2,1-2H3. The molecule has 1 N–H and O–H groups in total. The minimum absolute atomic E-state index is 0.0600. The topological polar surface area (TPSA) is 61.6 Å². The predicted octanol–water partition coefficient (Wildman–Crippen LogP) is 0.0879. The number of H-pyrrole nitrogens is 1. The van der Waals surface area contributed by atoms with Gasteiger partial charge in [-0.15, -0.1) is 0 Å². The fourth-order valence-electron chi connectivity index (χ4n) is 0.969. The summed E-state index contributed by atoms with van der Waals surface area (Å²) < 4.78 is 1.38. The van der Waals surface area contributed by atoms with Gasteiger partial charge in [-0.2, -0.15) is 5.26 Å². The molecule has 0 aliphatic carbocycles. The molecule has 0 unspecified atom stereocenters. The molecule has 0 atom stereocenters. The Morgan fingerprint density at radius 2 is 2.36 bits per heavy atom. The molecule has 0 aliphatic rings. The van der Waals surface area contributed by atoms with Crippen molar-refractivity contribution in [3.8, 4) is 6.07 Å². The number of nitrogens with zero attached hydrogens (tertiary/aromatic N) is 2. The molecular formula is C7H9N3O. The van der Waals surface area contributed by atoms with Crippen LogP contribution in [0.5, 0.6) is 0 Å². The fraction of sp³-hybridized carbons (Fsp3) is 0.429. The second kappa shape index (κ2) is 2.62. The predicted molar refractivity (Wildman–Crippen MR) is 40.1 cm³/mol. The number of nitrogens with one attached hydrogen (secondary N) is 1. The van der Waals surface area contributed by atoms with Crippen LogP contribution in [0.4, 0.5) is 0 Å². The monoisotopic (exact) mass is 151 g/mol. The molecule has 11 heavy (non-hydrogen) atoms. The van der Waals surface area contributed by atoms with Gasteiger partial charge in [0.2, 0.25) is 0 Å². The molecule has 0 aliphatic heterocycles. The minimum atomic E-state index is -0.0600. The van der Waals surface area contributed by atoms with Gasteiger partial charge in [0.1, 0.15) is 0 Å². The molecule has 0 saturated heterocycles. The van der Waals surface area contributed by atoms with Gasteiger partial charge in [-0.3, -0.25) is 14.6 Å². The maximum Gasteiger partial charge on any atom is 0.269 e. The molecule has 0 radical (unpaired) electrons. The second-order valence-electron chi connectivity index (χ2n) is 2.41. The van der Waals surface area contributed by atoms with Crippen molar-refractivity contribution in [3.05, 3.63) is 21.6 Å². The third-order valence-electron chi connectivity index (χ3n) is 1.64. The van der Waals surface area contributed by atoms with Crippen LogP contribution in [0.1, 0.15) is 11.3 Å². The van der Waals surface area contributed by atoms with E-state index in [-0.39, 0.29) is 12.0 Å². The summed E-state index contributed by atoms with van der Waals surface area (Å²) in [6.07, 6.45) is 0.266. The van der Waals surface area contributed by atoms with Crippen LogP contribution in [-0.2, 0) is 13.5 Å². The van der Waals surface area contributed by atoms with Crippen molar-refractivity contribution in [1.82, 2.24) is 9.78 Å². The van der Waals surface area contributed by atoms with Crippen molar-refractivity contribution in [1.29, 1.82) is 5.26 Å². The Labute approximate surface area is 64.1 Å². The van der Waals surface area contributed by atoms with Gasteiger partial charge >= 0.3 is 0 Å². The van der Waals surface area contributed by atoms with Crippen LogP contribution >= 0.6 is 0 Å². The van der Waals surface area contributed by atoms with E-state index < -0.39 is 0 Å². The molecule has 0 saturated carbocycles. The Morgan fingerprint density at radius 1 is 1.73 bits per heavy atom. The molecule has 1 aromatic heterocycles. The van der Waals surface area contributed by atoms with Crippen molar-refractivity contribution < 1.29 is 0 Å². The molecule has 1 rings (SSSR count). The van der Waals surface area contributed by atoms with Crippen LogP contribution < -0.4 is 5.56 Å². The molecule has 1 heterocycles. The van der Waals surface area contributed by atoms with Crippen LogP contribution in [0.3, 0.4) is 0 Å². The zero-order valence-electron chi connectivity index (χ0n) is 6.51. The van der Waals surface area contributed by atoms with E-state index >= 15 is 0 Å². The fourth-order valence-corrected chi connectivity index (χ4v) is 0.969. The molecule has 0 bridgehead atoms. The van der Waals surface area contributed by atoms with Crippen LogP contribution in [0.25, 0.3) is 0 Å². The Bertz CT molecular complexity index is 353. The van der Waals surface area contributed by atoms with Gasteiger partial charge in [0.15, 0.2) is 0 Å². The molecule has 1 aromatic rings. The number of aromatic nitrogens is 2. The van der Waals surface area contributed by atoms with Crippen molar-refractivity contribution in [2.45, 2.75) is 13.3 Å². The molecule has 4 heteroatoms. The van der Waals surface area contributed by atoms with Gasteiger partial charge in [0.05, 0.1) is 18.2 Å². The van der Waals surface area contributed by atoms with Crippen LogP contribution in [-0.4, -0.2) is 9.78 Å². The first kappa shape index (κ1) is 7.61. The smallest absolute Gasteiger partial charge is 0.269 e. The van der Waals surface area contributed by atoms with E-state index in [1.165, 1.54) is 4.68 Å². The zero-order chi connectivity index (χ0) is 8.43.